The van der Waals surface area contributed by atoms with Gasteiger partial charge in [0.25, 0.3) is 0 Å². The van der Waals surface area contributed by atoms with Crippen molar-refractivity contribution >= 4 is 29.0 Å². The summed E-state index contributed by atoms with van der Waals surface area (Å²) in [6.45, 7) is 5.71. The Morgan fingerprint density at radius 3 is 2.36 bits per heavy atom. The molecule has 3 aromatic rings. The smallest absolute Gasteiger partial charge is 0.241 e. The summed E-state index contributed by atoms with van der Waals surface area (Å²) < 4.78 is 5.28. The lowest BCUT2D eigenvalue weighted by Crippen LogP contribution is -2.50. The molecule has 172 valence electrons. The molecule has 5 nitrogen and oxygen atoms in total. The van der Waals surface area contributed by atoms with Crippen molar-refractivity contribution in [1.29, 1.82) is 0 Å². The maximum absolute atomic E-state index is 13.3. The third-order valence-corrected chi connectivity index (χ3v) is 6.74. The van der Waals surface area contributed by atoms with Crippen molar-refractivity contribution in [3.05, 3.63) is 88.6 Å². The topological polar surface area (TPSA) is 36.0 Å². The van der Waals surface area contributed by atoms with Crippen LogP contribution < -0.4 is 9.64 Å². The second kappa shape index (κ2) is 11.8. The molecule has 0 saturated carbocycles. The number of carbonyl (C=O) groups is 1. The predicted molar refractivity (Wildman–Crippen MR) is 137 cm³/mol. The van der Waals surface area contributed by atoms with Gasteiger partial charge in [-0.15, -0.1) is 11.3 Å². The van der Waals surface area contributed by atoms with E-state index in [1.165, 1.54) is 10.4 Å². The highest BCUT2D eigenvalue weighted by atomic mass is 32.1. The fourth-order valence-electron chi connectivity index (χ4n) is 3.95. The molecule has 1 aromatic heterocycles. The number of nitrogens with zero attached hydrogens (tertiary/aromatic N) is 3. The van der Waals surface area contributed by atoms with Crippen LogP contribution in [0.3, 0.4) is 0 Å². The molecule has 1 amide bonds. The molecule has 0 radical (unpaired) electrons. The number of rotatable bonds is 9. The molecule has 1 saturated heterocycles. The normalized spacial score (nSPS) is 15.1. The van der Waals surface area contributed by atoms with Crippen molar-refractivity contribution in [2.75, 3.05) is 51.3 Å². The molecule has 33 heavy (non-hydrogen) atoms. The Kier molecular flexibility index (Phi) is 8.30. The molecule has 6 heteroatoms. The molecule has 0 bridgehead atoms. The first-order valence-corrected chi connectivity index (χ1v) is 12.2. The number of benzene rings is 2. The highest BCUT2D eigenvalue weighted by Crippen LogP contribution is 2.23. The summed E-state index contributed by atoms with van der Waals surface area (Å²) in [6.07, 6.45) is 4.40. The number of methoxy groups -OCH3 is 1. The molecule has 0 N–H and O–H groups in total. The fraction of sp³-hybridized carbons (Fsp3) is 0.296. The minimum absolute atomic E-state index is 0.131. The molecule has 4 rings (SSSR count). The largest absolute Gasteiger partial charge is 0.497 e. The number of piperazine rings is 1. The monoisotopic (exact) mass is 461 g/mol. The quantitative estimate of drug-likeness (QED) is 0.466. The van der Waals surface area contributed by atoms with Gasteiger partial charge in [0.15, 0.2) is 0 Å². The first-order chi connectivity index (χ1) is 16.2. The van der Waals surface area contributed by atoms with Gasteiger partial charge in [-0.1, -0.05) is 48.6 Å². The van der Waals surface area contributed by atoms with Crippen LogP contribution in [-0.4, -0.2) is 62.1 Å². The van der Waals surface area contributed by atoms with Crippen LogP contribution in [0.15, 0.2) is 78.2 Å². The van der Waals surface area contributed by atoms with E-state index in [4.69, 9.17) is 4.74 Å². The van der Waals surface area contributed by atoms with Gasteiger partial charge in [-0.2, -0.15) is 0 Å². The highest BCUT2D eigenvalue weighted by molar-refractivity contribution is 7.09. The van der Waals surface area contributed by atoms with Gasteiger partial charge in [0.05, 0.1) is 20.2 Å². The Labute approximate surface area is 200 Å². The molecule has 1 aliphatic heterocycles. The summed E-state index contributed by atoms with van der Waals surface area (Å²) in [7, 11) is 1.65. The average Bonchev–Trinajstić information content (AvgIpc) is 3.38. The molecule has 0 spiro atoms. The lowest BCUT2D eigenvalue weighted by atomic mass is 10.2. The molecule has 1 aliphatic rings. The Bertz CT molecular complexity index is 1010. The molecule has 1 fully saturated rings. The van der Waals surface area contributed by atoms with Crippen LogP contribution in [0.5, 0.6) is 5.75 Å². The van der Waals surface area contributed by atoms with Crippen LogP contribution in [-0.2, 0) is 11.3 Å². The summed E-state index contributed by atoms with van der Waals surface area (Å²) in [6, 6.07) is 22.2. The predicted octanol–water partition coefficient (Wildman–Crippen LogP) is 4.62. The lowest BCUT2D eigenvalue weighted by Gasteiger charge is -2.35. The van der Waals surface area contributed by atoms with Gasteiger partial charge in [0.1, 0.15) is 5.75 Å². The Morgan fingerprint density at radius 2 is 1.70 bits per heavy atom. The molecule has 2 heterocycles. The van der Waals surface area contributed by atoms with Crippen molar-refractivity contribution in [3.63, 3.8) is 0 Å². The number of carbonyl (C=O) groups excluding carboxylic acids is 1. The number of thiophene rings is 1. The number of hydrogen-bond acceptors (Lipinski definition) is 5. The van der Waals surface area contributed by atoms with Crippen LogP contribution >= 0.6 is 11.3 Å². The van der Waals surface area contributed by atoms with E-state index in [9.17, 15) is 4.79 Å². The van der Waals surface area contributed by atoms with Gasteiger partial charge in [-0.05, 0) is 41.3 Å². The molecular weight excluding hydrogens is 430 g/mol. The number of ether oxygens (including phenoxy) is 1. The second-order valence-electron chi connectivity index (χ2n) is 8.15. The summed E-state index contributed by atoms with van der Waals surface area (Å²) in [4.78, 5) is 21.1. The van der Waals surface area contributed by atoms with Crippen LogP contribution in [0, 0.1) is 0 Å². The van der Waals surface area contributed by atoms with Crippen LogP contribution in [0.1, 0.15) is 10.4 Å². The Morgan fingerprint density at radius 1 is 0.970 bits per heavy atom. The van der Waals surface area contributed by atoms with Gasteiger partial charge in [-0.3, -0.25) is 14.6 Å². The Balaban J connectivity index is 1.31. The van der Waals surface area contributed by atoms with Gasteiger partial charge < -0.3 is 9.64 Å². The van der Waals surface area contributed by atoms with Crippen molar-refractivity contribution in [2.24, 2.45) is 0 Å². The van der Waals surface area contributed by atoms with Crippen molar-refractivity contribution < 1.29 is 9.53 Å². The van der Waals surface area contributed by atoms with E-state index in [1.54, 1.807) is 18.4 Å². The summed E-state index contributed by atoms with van der Waals surface area (Å²) >= 11 is 1.68. The fourth-order valence-corrected chi connectivity index (χ4v) is 4.65. The third kappa shape index (κ3) is 6.78. The van der Waals surface area contributed by atoms with E-state index in [0.29, 0.717) is 13.1 Å². The van der Waals surface area contributed by atoms with Crippen molar-refractivity contribution in [3.8, 4) is 5.75 Å². The van der Waals surface area contributed by atoms with Crippen LogP contribution in [0.4, 0.5) is 5.69 Å². The van der Waals surface area contributed by atoms with E-state index in [0.717, 1.165) is 44.2 Å². The summed E-state index contributed by atoms with van der Waals surface area (Å²) in [5.74, 6) is 0.922. The van der Waals surface area contributed by atoms with E-state index < -0.39 is 0 Å². The summed E-state index contributed by atoms with van der Waals surface area (Å²) in [5.41, 5.74) is 2.13. The minimum Gasteiger partial charge on any atom is -0.497 e. The molecule has 0 unspecified atom stereocenters. The second-order valence-corrected chi connectivity index (χ2v) is 9.18. The van der Waals surface area contributed by atoms with E-state index in [2.05, 4.69) is 57.7 Å². The summed E-state index contributed by atoms with van der Waals surface area (Å²) in [5, 5.41) is 2.05. The van der Waals surface area contributed by atoms with E-state index >= 15 is 0 Å². The van der Waals surface area contributed by atoms with Gasteiger partial charge in [0, 0.05) is 43.3 Å². The van der Waals surface area contributed by atoms with Gasteiger partial charge in [0.2, 0.25) is 5.91 Å². The first-order valence-electron chi connectivity index (χ1n) is 11.3. The SMILES string of the molecule is COc1ccc(N(Cc2cccs2)C(=O)CN2CCN(CC=Cc3ccccc3)CC2)cc1. The Hall–Kier alpha value is -2.93. The van der Waals surface area contributed by atoms with Crippen LogP contribution in [0.25, 0.3) is 6.08 Å². The average molecular weight is 462 g/mol. The molecule has 2 aromatic carbocycles. The maximum Gasteiger partial charge on any atom is 0.241 e. The highest BCUT2D eigenvalue weighted by Gasteiger charge is 2.23. The van der Waals surface area contributed by atoms with Crippen LogP contribution in [0.2, 0.25) is 0 Å². The molecular formula is C27H31N3O2S. The van der Waals surface area contributed by atoms with E-state index in [-0.39, 0.29) is 5.91 Å². The van der Waals surface area contributed by atoms with Crippen molar-refractivity contribution in [2.45, 2.75) is 6.54 Å². The molecule has 0 atom stereocenters. The van der Waals surface area contributed by atoms with Gasteiger partial charge in [-0.25, -0.2) is 0 Å². The maximum atomic E-state index is 13.3. The zero-order valence-corrected chi connectivity index (χ0v) is 19.9. The first kappa shape index (κ1) is 23.2. The number of amides is 1. The number of anilines is 1. The van der Waals surface area contributed by atoms with Gasteiger partial charge >= 0.3 is 0 Å². The minimum atomic E-state index is 0.131. The molecule has 0 aliphatic carbocycles. The van der Waals surface area contributed by atoms with Crippen molar-refractivity contribution in [1.82, 2.24) is 9.80 Å². The zero-order valence-electron chi connectivity index (χ0n) is 19.1. The standard InChI is InChI=1S/C27H31N3O2S/c1-32-25-13-11-24(12-14-25)30(21-26-10-6-20-33-26)27(31)22-29-18-16-28(17-19-29)15-5-9-23-7-3-2-4-8-23/h2-14,20H,15-19,21-22H2,1H3. The number of hydrogen-bond donors (Lipinski definition) is 0. The zero-order chi connectivity index (χ0) is 22.9. The third-order valence-electron chi connectivity index (χ3n) is 5.88. The lowest BCUT2D eigenvalue weighted by molar-refractivity contribution is -0.120. The van der Waals surface area contributed by atoms with E-state index in [1.807, 2.05) is 41.3 Å².